The second kappa shape index (κ2) is 5.36. The summed E-state index contributed by atoms with van der Waals surface area (Å²) in [5.74, 6) is 0.564. The number of nitrogens with zero attached hydrogens (tertiary/aromatic N) is 1. The van der Waals surface area contributed by atoms with Gasteiger partial charge in [-0.2, -0.15) is 0 Å². The molecule has 2 aromatic heterocycles. The van der Waals surface area contributed by atoms with Gasteiger partial charge in [0, 0.05) is 13.1 Å². The third-order valence-corrected chi connectivity index (χ3v) is 4.17. The molecule has 0 saturated heterocycles. The summed E-state index contributed by atoms with van der Waals surface area (Å²) in [6, 6.07) is 11.6. The lowest BCUT2D eigenvalue weighted by molar-refractivity contribution is 0.0340. The predicted octanol–water partition coefficient (Wildman–Crippen LogP) is 2.89. The molecule has 3 rings (SSSR count). The molecule has 3 aromatic rings. The molecule has 0 aliphatic carbocycles. The van der Waals surface area contributed by atoms with E-state index in [0.717, 1.165) is 10.5 Å². The minimum absolute atomic E-state index is 0.413. The Morgan fingerprint density at radius 2 is 2.15 bits per heavy atom. The fourth-order valence-corrected chi connectivity index (χ4v) is 3.02. The number of furan rings is 1. The van der Waals surface area contributed by atoms with Crippen LogP contribution in [0.5, 0.6) is 0 Å². The molecule has 0 aliphatic rings. The third-order valence-electron chi connectivity index (χ3n) is 3.14. The number of fused-ring (bicyclic) bond motifs is 1. The second-order valence-electron chi connectivity index (χ2n) is 4.93. The smallest absolute Gasteiger partial charge is 0.136 e. The molecule has 0 amide bonds. The van der Waals surface area contributed by atoms with E-state index < -0.39 is 5.60 Å². The number of hydrogen-bond acceptors (Lipinski definition) is 5. The fourth-order valence-electron chi connectivity index (χ4n) is 2.08. The summed E-state index contributed by atoms with van der Waals surface area (Å²) in [6.45, 7) is 2.78. The Morgan fingerprint density at radius 3 is 2.90 bits per heavy atom. The Bertz CT molecular complexity index is 656. The second-order valence-corrected chi connectivity index (χ2v) is 6.05. The largest absolute Gasteiger partial charge is 0.466 e. The first kappa shape index (κ1) is 13.3. The van der Waals surface area contributed by atoms with Gasteiger partial charge in [-0.3, -0.25) is 0 Å². The van der Waals surface area contributed by atoms with Gasteiger partial charge in [-0.25, -0.2) is 4.98 Å². The van der Waals surface area contributed by atoms with E-state index in [1.54, 1.807) is 36.7 Å². The van der Waals surface area contributed by atoms with Crippen molar-refractivity contribution in [3.05, 3.63) is 53.4 Å². The molecule has 2 heterocycles. The molecule has 20 heavy (non-hydrogen) atoms. The molecule has 1 aromatic carbocycles. The SMILES string of the molecule is CC(O)(CNCc1nc2ccccc2s1)c1ccco1. The summed E-state index contributed by atoms with van der Waals surface area (Å²) in [5, 5.41) is 14.6. The van der Waals surface area contributed by atoms with Crippen LogP contribution in [0.25, 0.3) is 10.2 Å². The van der Waals surface area contributed by atoms with Gasteiger partial charge in [0.1, 0.15) is 16.4 Å². The zero-order valence-corrected chi connectivity index (χ0v) is 12.0. The summed E-state index contributed by atoms with van der Waals surface area (Å²) in [5.41, 5.74) is 0.00675. The highest BCUT2D eigenvalue weighted by Crippen LogP contribution is 2.22. The summed E-state index contributed by atoms with van der Waals surface area (Å²) in [7, 11) is 0. The molecule has 1 atom stereocenters. The molecule has 0 saturated carbocycles. The van der Waals surface area contributed by atoms with Gasteiger partial charge in [-0.1, -0.05) is 12.1 Å². The quantitative estimate of drug-likeness (QED) is 0.758. The molecule has 5 heteroatoms. The van der Waals surface area contributed by atoms with E-state index in [1.807, 2.05) is 18.2 Å². The van der Waals surface area contributed by atoms with E-state index in [1.165, 1.54) is 4.70 Å². The van der Waals surface area contributed by atoms with Crippen molar-refractivity contribution >= 4 is 21.6 Å². The highest BCUT2D eigenvalue weighted by molar-refractivity contribution is 7.18. The molecule has 0 fully saturated rings. The van der Waals surface area contributed by atoms with Crippen LogP contribution in [0.3, 0.4) is 0 Å². The van der Waals surface area contributed by atoms with Crippen LogP contribution in [0, 0.1) is 0 Å². The van der Waals surface area contributed by atoms with Crippen molar-refractivity contribution in [1.29, 1.82) is 0 Å². The average Bonchev–Trinajstić information content (AvgIpc) is 3.07. The third kappa shape index (κ3) is 2.75. The monoisotopic (exact) mass is 288 g/mol. The van der Waals surface area contributed by atoms with E-state index >= 15 is 0 Å². The van der Waals surface area contributed by atoms with Gasteiger partial charge < -0.3 is 14.8 Å². The zero-order valence-electron chi connectivity index (χ0n) is 11.2. The Kier molecular flexibility index (Phi) is 3.56. The van der Waals surface area contributed by atoms with Gasteiger partial charge in [-0.15, -0.1) is 11.3 Å². The highest BCUT2D eigenvalue weighted by Gasteiger charge is 2.25. The van der Waals surface area contributed by atoms with Gasteiger partial charge in [0.25, 0.3) is 0 Å². The molecular formula is C15H16N2O2S. The van der Waals surface area contributed by atoms with Crippen molar-refractivity contribution in [1.82, 2.24) is 10.3 Å². The Hall–Kier alpha value is -1.69. The van der Waals surface area contributed by atoms with Gasteiger partial charge >= 0.3 is 0 Å². The summed E-state index contributed by atoms with van der Waals surface area (Å²) < 4.78 is 6.43. The lowest BCUT2D eigenvalue weighted by Gasteiger charge is -2.20. The Balaban J connectivity index is 1.62. The maximum Gasteiger partial charge on any atom is 0.136 e. The lowest BCUT2D eigenvalue weighted by Crippen LogP contribution is -2.34. The van der Waals surface area contributed by atoms with Crippen molar-refractivity contribution in [3.8, 4) is 0 Å². The lowest BCUT2D eigenvalue weighted by atomic mass is 10.0. The molecule has 0 spiro atoms. The van der Waals surface area contributed by atoms with Crippen molar-refractivity contribution in [2.45, 2.75) is 19.1 Å². The number of aliphatic hydroxyl groups is 1. The first-order chi connectivity index (χ1) is 9.65. The molecule has 0 aliphatic heterocycles. The number of para-hydroxylation sites is 1. The summed E-state index contributed by atoms with van der Waals surface area (Å²) in [4.78, 5) is 4.55. The number of benzene rings is 1. The van der Waals surface area contributed by atoms with Gasteiger partial charge in [0.15, 0.2) is 0 Å². The van der Waals surface area contributed by atoms with Crippen LogP contribution < -0.4 is 5.32 Å². The summed E-state index contributed by atoms with van der Waals surface area (Å²) >= 11 is 1.67. The molecule has 1 unspecified atom stereocenters. The van der Waals surface area contributed by atoms with Crippen molar-refractivity contribution in [3.63, 3.8) is 0 Å². The van der Waals surface area contributed by atoms with E-state index in [9.17, 15) is 5.11 Å². The molecule has 104 valence electrons. The number of hydrogen-bond donors (Lipinski definition) is 2. The standard InChI is InChI=1S/C15H16N2O2S/c1-15(18,13-7-4-8-19-13)10-16-9-14-17-11-5-2-3-6-12(11)20-14/h2-8,16,18H,9-10H2,1H3. The van der Waals surface area contributed by atoms with Crippen LogP contribution in [0.4, 0.5) is 0 Å². The van der Waals surface area contributed by atoms with Crippen LogP contribution in [-0.2, 0) is 12.1 Å². The van der Waals surface area contributed by atoms with Crippen LogP contribution in [-0.4, -0.2) is 16.6 Å². The van der Waals surface area contributed by atoms with Crippen molar-refractivity contribution in [2.75, 3.05) is 6.54 Å². The average molecular weight is 288 g/mol. The highest BCUT2D eigenvalue weighted by atomic mass is 32.1. The van der Waals surface area contributed by atoms with Crippen LogP contribution in [0.1, 0.15) is 17.7 Å². The van der Waals surface area contributed by atoms with E-state index in [2.05, 4.69) is 16.4 Å². The number of nitrogens with one attached hydrogen (secondary N) is 1. The van der Waals surface area contributed by atoms with Crippen LogP contribution >= 0.6 is 11.3 Å². The topological polar surface area (TPSA) is 58.3 Å². The number of rotatable bonds is 5. The van der Waals surface area contributed by atoms with Gasteiger partial charge in [-0.05, 0) is 31.2 Å². The maximum atomic E-state index is 10.3. The van der Waals surface area contributed by atoms with Crippen LogP contribution in [0.2, 0.25) is 0 Å². The summed E-state index contributed by atoms with van der Waals surface area (Å²) in [6.07, 6.45) is 1.57. The van der Waals surface area contributed by atoms with E-state index in [0.29, 0.717) is 18.8 Å². The molecule has 0 bridgehead atoms. The minimum atomic E-state index is -1.01. The van der Waals surface area contributed by atoms with Crippen LogP contribution in [0.15, 0.2) is 47.1 Å². The zero-order chi connectivity index (χ0) is 14.0. The normalized spacial score (nSPS) is 14.5. The predicted molar refractivity (Wildman–Crippen MR) is 79.6 cm³/mol. The Morgan fingerprint density at radius 1 is 1.30 bits per heavy atom. The van der Waals surface area contributed by atoms with E-state index in [4.69, 9.17) is 4.42 Å². The van der Waals surface area contributed by atoms with E-state index in [-0.39, 0.29) is 0 Å². The maximum absolute atomic E-state index is 10.3. The number of aromatic nitrogens is 1. The first-order valence-corrected chi connectivity index (χ1v) is 7.28. The fraction of sp³-hybridized carbons (Fsp3) is 0.267. The number of thiazole rings is 1. The van der Waals surface area contributed by atoms with Gasteiger partial charge in [0.2, 0.25) is 0 Å². The van der Waals surface area contributed by atoms with Crippen molar-refractivity contribution < 1.29 is 9.52 Å². The Labute approximate surface area is 121 Å². The van der Waals surface area contributed by atoms with Crippen molar-refractivity contribution in [2.24, 2.45) is 0 Å². The van der Waals surface area contributed by atoms with Gasteiger partial charge in [0.05, 0.1) is 16.5 Å². The molecule has 0 radical (unpaired) electrons. The minimum Gasteiger partial charge on any atom is -0.466 e. The molecule has 4 nitrogen and oxygen atoms in total. The molecule has 2 N–H and O–H groups in total. The first-order valence-electron chi connectivity index (χ1n) is 6.47. The molecular weight excluding hydrogens is 272 g/mol.